The summed E-state index contributed by atoms with van der Waals surface area (Å²) in [6.45, 7) is 0. The summed E-state index contributed by atoms with van der Waals surface area (Å²) in [5.41, 5.74) is 5.11. The van der Waals surface area contributed by atoms with Crippen molar-refractivity contribution in [3.8, 4) is 17.5 Å². The lowest BCUT2D eigenvalue weighted by Gasteiger charge is -2.03. The topological polar surface area (TPSA) is 78.0 Å². The Hall–Kier alpha value is -4.17. The molecular weight excluding hydrogens is 348 g/mol. The van der Waals surface area contributed by atoms with Gasteiger partial charge in [-0.05, 0) is 48.5 Å². The highest BCUT2D eigenvalue weighted by molar-refractivity contribution is 5.83. The van der Waals surface area contributed by atoms with Crippen LogP contribution in [0.15, 0.2) is 88.3 Å². The molecule has 0 saturated heterocycles. The minimum atomic E-state index is 0.461. The van der Waals surface area contributed by atoms with Crippen LogP contribution in [0.2, 0.25) is 0 Å². The SMILES string of the molecule is N#Cc1ccc(N=c2oc3ccccc3cc2-c2nc3ccccc3[nH]2)cc1. The van der Waals surface area contributed by atoms with Gasteiger partial charge < -0.3 is 9.40 Å². The van der Waals surface area contributed by atoms with Gasteiger partial charge in [0.15, 0.2) is 0 Å². The minimum absolute atomic E-state index is 0.461. The Kier molecular flexibility index (Phi) is 3.74. The van der Waals surface area contributed by atoms with E-state index in [0.29, 0.717) is 22.6 Å². The Bertz CT molecular complexity index is 1390. The van der Waals surface area contributed by atoms with E-state index in [-0.39, 0.29) is 0 Å². The van der Waals surface area contributed by atoms with Gasteiger partial charge in [0.05, 0.1) is 33.9 Å². The second kappa shape index (κ2) is 6.53. The van der Waals surface area contributed by atoms with Crippen LogP contribution in [0.1, 0.15) is 5.56 Å². The van der Waals surface area contributed by atoms with Crippen LogP contribution in [-0.2, 0) is 0 Å². The fourth-order valence-electron chi connectivity index (χ4n) is 3.13. The summed E-state index contributed by atoms with van der Waals surface area (Å²) < 4.78 is 6.11. The Labute approximate surface area is 160 Å². The number of para-hydroxylation sites is 3. The van der Waals surface area contributed by atoms with Gasteiger partial charge in [-0.2, -0.15) is 5.26 Å². The summed E-state index contributed by atoms with van der Waals surface area (Å²) >= 11 is 0. The number of nitrogens with one attached hydrogen (secondary N) is 1. The molecule has 5 nitrogen and oxygen atoms in total. The molecule has 0 aliphatic rings. The van der Waals surface area contributed by atoms with E-state index >= 15 is 0 Å². The number of benzene rings is 3. The van der Waals surface area contributed by atoms with E-state index in [2.05, 4.69) is 16.0 Å². The molecule has 0 atom stereocenters. The van der Waals surface area contributed by atoms with Crippen molar-refractivity contribution >= 4 is 27.7 Å². The average molecular weight is 362 g/mol. The van der Waals surface area contributed by atoms with Crippen LogP contribution < -0.4 is 5.55 Å². The number of nitriles is 1. The van der Waals surface area contributed by atoms with Crippen LogP contribution in [0.3, 0.4) is 0 Å². The van der Waals surface area contributed by atoms with Gasteiger partial charge in [-0.3, -0.25) is 0 Å². The quantitative estimate of drug-likeness (QED) is 0.476. The van der Waals surface area contributed by atoms with E-state index in [1.807, 2.05) is 54.6 Å². The third-order valence-electron chi connectivity index (χ3n) is 4.53. The van der Waals surface area contributed by atoms with E-state index < -0.39 is 0 Å². The van der Waals surface area contributed by atoms with E-state index in [1.54, 1.807) is 24.3 Å². The second-order valence-electron chi connectivity index (χ2n) is 6.38. The fraction of sp³-hybridized carbons (Fsp3) is 0. The average Bonchev–Trinajstić information content (AvgIpc) is 3.18. The smallest absolute Gasteiger partial charge is 0.230 e. The first-order chi connectivity index (χ1) is 13.8. The van der Waals surface area contributed by atoms with E-state index in [4.69, 9.17) is 14.7 Å². The number of hydrogen-bond acceptors (Lipinski definition) is 4. The zero-order valence-electron chi connectivity index (χ0n) is 14.8. The lowest BCUT2D eigenvalue weighted by molar-refractivity contribution is 0.547. The zero-order chi connectivity index (χ0) is 18.9. The molecule has 132 valence electrons. The molecule has 1 N–H and O–H groups in total. The Morgan fingerprint density at radius 3 is 2.54 bits per heavy atom. The number of rotatable bonds is 2. The number of aromatic nitrogens is 2. The molecule has 0 aliphatic carbocycles. The highest BCUT2D eigenvalue weighted by atomic mass is 16.3. The highest BCUT2D eigenvalue weighted by Crippen LogP contribution is 2.22. The fourth-order valence-corrected chi connectivity index (χ4v) is 3.13. The molecule has 2 aromatic heterocycles. The van der Waals surface area contributed by atoms with Gasteiger partial charge in [0, 0.05) is 5.39 Å². The maximum Gasteiger partial charge on any atom is 0.230 e. The molecule has 0 spiro atoms. The van der Waals surface area contributed by atoms with Crippen LogP contribution in [0.5, 0.6) is 0 Å². The second-order valence-corrected chi connectivity index (χ2v) is 6.38. The van der Waals surface area contributed by atoms with Crippen LogP contribution in [0, 0.1) is 11.3 Å². The number of fused-ring (bicyclic) bond motifs is 2. The Balaban J connectivity index is 1.77. The molecule has 5 heteroatoms. The lowest BCUT2D eigenvalue weighted by atomic mass is 10.1. The first-order valence-corrected chi connectivity index (χ1v) is 8.83. The maximum absolute atomic E-state index is 8.99. The molecule has 0 fully saturated rings. The summed E-state index contributed by atoms with van der Waals surface area (Å²) in [6, 6.07) is 26.9. The largest absolute Gasteiger partial charge is 0.438 e. The van der Waals surface area contributed by atoms with E-state index in [1.165, 1.54) is 0 Å². The molecule has 3 aromatic carbocycles. The first-order valence-electron chi connectivity index (χ1n) is 8.83. The molecule has 0 bridgehead atoms. The molecule has 5 aromatic rings. The monoisotopic (exact) mass is 362 g/mol. The Morgan fingerprint density at radius 1 is 0.929 bits per heavy atom. The third kappa shape index (κ3) is 2.83. The van der Waals surface area contributed by atoms with Crippen molar-refractivity contribution in [3.05, 3.63) is 90.0 Å². The predicted octanol–water partition coefficient (Wildman–Crippen LogP) is 5.08. The molecular formula is C23H14N4O. The van der Waals surface area contributed by atoms with Crippen molar-refractivity contribution in [2.24, 2.45) is 4.99 Å². The van der Waals surface area contributed by atoms with Gasteiger partial charge >= 0.3 is 0 Å². The first kappa shape index (κ1) is 16.0. The van der Waals surface area contributed by atoms with Gasteiger partial charge in [0.2, 0.25) is 5.55 Å². The number of imidazole rings is 1. The van der Waals surface area contributed by atoms with E-state index in [9.17, 15) is 0 Å². The van der Waals surface area contributed by atoms with Crippen molar-refractivity contribution in [2.45, 2.75) is 0 Å². The van der Waals surface area contributed by atoms with Crippen molar-refractivity contribution in [1.29, 1.82) is 5.26 Å². The lowest BCUT2D eigenvalue weighted by Crippen LogP contribution is -2.06. The summed E-state index contributed by atoms with van der Waals surface area (Å²) in [6.07, 6.45) is 0. The molecule has 2 heterocycles. The molecule has 28 heavy (non-hydrogen) atoms. The van der Waals surface area contributed by atoms with Gasteiger partial charge in [0.1, 0.15) is 11.4 Å². The number of aromatic amines is 1. The Morgan fingerprint density at radius 2 is 1.71 bits per heavy atom. The summed E-state index contributed by atoms with van der Waals surface area (Å²) in [5.74, 6) is 0.697. The molecule has 0 amide bonds. The van der Waals surface area contributed by atoms with Gasteiger partial charge in [0.25, 0.3) is 0 Å². The molecule has 0 saturated carbocycles. The van der Waals surface area contributed by atoms with Crippen molar-refractivity contribution in [3.63, 3.8) is 0 Å². The third-order valence-corrected chi connectivity index (χ3v) is 4.53. The van der Waals surface area contributed by atoms with Crippen LogP contribution in [-0.4, -0.2) is 9.97 Å². The van der Waals surface area contributed by atoms with Gasteiger partial charge in [-0.25, -0.2) is 9.98 Å². The predicted molar refractivity (Wildman–Crippen MR) is 108 cm³/mol. The van der Waals surface area contributed by atoms with Crippen LogP contribution in [0.25, 0.3) is 33.4 Å². The van der Waals surface area contributed by atoms with Crippen LogP contribution in [0.4, 0.5) is 5.69 Å². The highest BCUT2D eigenvalue weighted by Gasteiger charge is 2.11. The molecule has 5 rings (SSSR count). The zero-order valence-corrected chi connectivity index (χ0v) is 14.8. The summed E-state index contributed by atoms with van der Waals surface area (Å²) in [7, 11) is 0. The molecule has 0 unspecified atom stereocenters. The number of nitrogens with zero attached hydrogens (tertiary/aromatic N) is 3. The summed E-state index contributed by atoms with van der Waals surface area (Å²) in [4.78, 5) is 12.7. The van der Waals surface area contributed by atoms with Gasteiger partial charge in [-0.1, -0.05) is 30.3 Å². The van der Waals surface area contributed by atoms with Crippen molar-refractivity contribution in [2.75, 3.05) is 0 Å². The molecule has 0 radical (unpaired) electrons. The van der Waals surface area contributed by atoms with Crippen molar-refractivity contribution in [1.82, 2.24) is 9.97 Å². The molecule has 0 aliphatic heterocycles. The van der Waals surface area contributed by atoms with E-state index in [0.717, 1.165) is 27.6 Å². The van der Waals surface area contributed by atoms with Crippen molar-refractivity contribution < 1.29 is 4.42 Å². The maximum atomic E-state index is 8.99. The standard InChI is InChI=1S/C23H14N4O/c24-14-15-9-11-17(12-10-15)25-23-18(13-16-5-1-4-8-21(16)28-23)22-26-19-6-2-3-7-20(19)27-22/h1-13H,(H,26,27). The van der Waals surface area contributed by atoms with Gasteiger partial charge in [-0.15, -0.1) is 0 Å². The minimum Gasteiger partial charge on any atom is -0.438 e. The number of hydrogen-bond donors (Lipinski definition) is 1. The normalized spacial score (nSPS) is 11.8. The van der Waals surface area contributed by atoms with Crippen LogP contribution >= 0.6 is 0 Å². The number of H-pyrrole nitrogens is 1. The summed E-state index contributed by atoms with van der Waals surface area (Å²) in [5, 5.41) is 9.96.